The van der Waals surface area contributed by atoms with Gasteiger partial charge >= 0.3 is 6.18 Å². The third kappa shape index (κ3) is 3.97. The van der Waals surface area contributed by atoms with Crippen molar-refractivity contribution >= 4 is 5.65 Å². The number of halogens is 3. The molecule has 1 aliphatic rings. The summed E-state index contributed by atoms with van der Waals surface area (Å²) in [4.78, 5) is 6.76. The molecule has 1 N–H and O–H groups in total. The molecule has 1 aromatic carbocycles. The van der Waals surface area contributed by atoms with Crippen molar-refractivity contribution in [3.05, 3.63) is 65.2 Å². The zero-order valence-corrected chi connectivity index (χ0v) is 17.5. The summed E-state index contributed by atoms with van der Waals surface area (Å²) in [5.74, 6) is -0.0292. The molecular weight excluding hydrogens is 419 g/mol. The number of piperidine rings is 1. The summed E-state index contributed by atoms with van der Waals surface area (Å²) in [5.41, 5.74) is 3.15. The number of hydrogen-bond acceptors (Lipinski definition) is 5. The molecular formula is C22H22F3N7. The van der Waals surface area contributed by atoms with Crippen molar-refractivity contribution in [3.8, 4) is 11.3 Å². The Labute approximate surface area is 182 Å². The lowest BCUT2D eigenvalue weighted by molar-refractivity contribution is -0.142. The van der Waals surface area contributed by atoms with Crippen LogP contribution in [0.5, 0.6) is 0 Å². The summed E-state index contributed by atoms with van der Waals surface area (Å²) >= 11 is 0. The molecule has 0 amide bonds. The van der Waals surface area contributed by atoms with Gasteiger partial charge in [0.2, 0.25) is 0 Å². The first kappa shape index (κ1) is 20.6. The highest BCUT2D eigenvalue weighted by atomic mass is 19.4. The second kappa shape index (κ2) is 8.01. The van der Waals surface area contributed by atoms with Gasteiger partial charge in [-0.05, 0) is 38.9 Å². The van der Waals surface area contributed by atoms with Crippen LogP contribution < -0.4 is 0 Å². The number of benzene rings is 1. The summed E-state index contributed by atoms with van der Waals surface area (Å²) in [6, 6.07) is 12.6. The van der Waals surface area contributed by atoms with Crippen LogP contribution in [0.4, 0.5) is 13.2 Å². The van der Waals surface area contributed by atoms with Crippen molar-refractivity contribution in [3.63, 3.8) is 0 Å². The summed E-state index contributed by atoms with van der Waals surface area (Å²) in [5, 5.41) is 15.3. The first-order chi connectivity index (χ1) is 15.4. The number of fused-ring (bicyclic) bond motifs is 1. The largest absolute Gasteiger partial charge is 0.433 e. The van der Waals surface area contributed by atoms with Gasteiger partial charge in [-0.1, -0.05) is 30.3 Å². The Kier molecular flexibility index (Phi) is 5.16. The van der Waals surface area contributed by atoms with E-state index in [1.54, 1.807) is 13.0 Å². The number of H-pyrrole nitrogens is 1. The van der Waals surface area contributed by atoms with E-state index in [2.05, 4.69) is 30.4 Å². The Morgan fingerprint density at radius 1 is 1.06 bits per heavy atom. The zero-order valence-electron chi connectivity index (χ0n) is 17.5. The summed E-state index contributed by atoms with van der Waals surface area (Å²) < 4.78 is 41.7. The van der Waals surface area contributed by atoms with E-state index >= 15 is 0 Å². The highest BCUT2D eigenvalue weighted by Gasteiger charge is 2.36. The van der Waals surface area contributed by atoms with Gasteiger partial charge in [-0.3, -0.25) is 4.90 Å². The highest BCUT2D eigenvalue weighted by molar-refractivity contribution is 5.60. The molecule has 0 unspecified atom stereocenters. The topological polar surface area (TPSA) is 75.0 Å². The maximum Gasteiger partial charge on any atom is 0.433 e. The quantitative estimate of drug-likeness (QED) is 0.513. The van der Waals surface area contributed by atoms with Crippen LogP contribution in [0.25, 0.3) is 16.9 Å². The molecule has 7 nitrogen and oxygen atoms in total. The van der Waals surface area contributed by atoms with Gasteiger partial charge in [0.25, 0.3) is 0 Å². The van der Waals surface area contributed by atoms with Crippen molar-refractivity contribution in [2.45, 2.75) is 38.4 Å². The molecule has 0 bridgehead atoms. The van der Waals surface area contributed by atoms with Crippen molar-refractivity contribution in [2.24, 2.45) is 0 Å². The van der Waals surface area contributed by atoms with Crippen LogP contribution in [0, 0.1) is 6.92 Å². The van der Waals surface area contributed by atoms with Gasteiger partial charge in [0.05, 0.1) is 5.69 Å². The number of aromatic nitrogens is 6. The van der Waals surface area contributed by atoms with E-state index in [-0.39, 0.29) is 11.6 Å². The van der Waals surface area contributed by atoms with Crippen LogP contribution in [0.15, 0.2) is 42.5 Å². The Hall–Kier alpha value is -3.27. The van der Waals surface area contributed by atoms with E-state index < -0.39 is 11.9 Å². The molecule has 32 heavy (non-hydrogen) atoms. The van der Waals surface area contributed by atoms with E-state index in [0.29, 0.717) is 17.9 Å². The minimum Gasteiger partial charge on any atom is -0.297 e. The number of nitrogens with one attached hydrogen (secondary N) is 1. The van der Waals surface area contributed by atoms with E-state index in [1.165, 1.54) is 0 Å². The molecule has 4 aromatic rings. The zero-order chi connectivity index (χ0) is 22.3. The van der Waals surface area contributed by atoms with Crippen molar-refractivity contribution in [2.75, 3.05) is 13.1 Å². The third-order valence-electron chi connectivity index (χ3n) is 5.91. The van der Waals surface area contributed by atoms with Crippen LogP contribution in [-0.2, 0) is 12.7 Å². The molecule has 166 valence electrons. The number of rotatable bonds is 4. The van der Waals surface area contributed by atoms with Crippen molar-refractivity contribution < 1.29 is 13.2 Å². The second-order valence-corrected chi connectivity index (χ2v) is 8.16. The number of likely N-dealkylation sites (tertiary alicyclic amines) is 1. The lowest BCUT2D eigenvalue weighted by atomic mass is 9.92. The Bertz CT molecular complexity index is 1220. The van der Waals surface area contributed by atoms with Crippen LogP contribution in [0.2, 0.25) is 0 Å². The fourth-order valence-corrected chi connectivity index (χ4v) is 4.31. The average molecular weight is 441 g/mol. The monoisotopic (exact) mass is 441 g/mol. The molecule has 4 heterocycles. The number of aryl methyl sites for hydroxylation is 1. The highest BCUT2D eigenvalue weighted by Crippen LogP contribution is 2.34. The maximum absolute atomic E-state index is 13.6. The lowest BCUT2D eigenvalue weighted by Gasteiger charge is -2.31. The summed E-state index contributed by atoms with van der Waals surface area (Å²) in [6.45, 7) is 3.80. The van der Waals surface area contributed by atoms with E-state index in [1.807, 2.05) is 30.3 Å². The molecule has 0 saturated carbocycles. The number of alkyl halides is 3. The van der Waals surface area contributed by atoms with Crippen molar-refractivity contribution in [1.82, 2.24) is 34.9 Å². The normalized spacial score (nSPS) is 16.1. The fraction of sp³-hybridized carbons (Fsp3) is 0.364. The molecule has 1 aliphatic heterocycles. The molecule has 1 saturated heterocycles. The molecule has 5 rings (SSSR count). The Morgan fingerprint density at radius 3 is 2.53 bits per heavy atom. The van der Waals surface area contributed by atoms with Gasteiger partial charge < -0.3 is 0 Å². The van der Waals surface area contributed by atoms with Crippen LogP contribution >= 0.6 is 0 Å². The Balaban J connectivity index is 1.32. The van der Waals surface area contributed by atoms with E-state index in [0.717, 1.165) is 53.5 Å². The molecule has 0 atom stereocenters. The molecule has 0 radical (unpaired) electrons. The summed E-state index contributed by atoms with van der Waals surface area (Å²) in [6.07, 6.45) is -3.03. The molecule has 0 spiro atoms. The van der Waals surface area contributed by atoms with Gasteiger partial charge in [0, 0.05) is 29.8 Å². The standard InChI is InChI=1S/C22H22F3N7/c1-14-11-20-26-17(12-19(22(23,24)25)32(20)29-14)15-7-9-31(10-8-15)13-18-21(28-30-27-18)16-5-3-2-4-6-16/h2-6,11-12,15H,7-10,13H2,1H3,(H,27,28,30). The smallest absolute Gasteiger partial charge is 0.297 e. The molecule has 1 fully saturated rings. The molecule has 3 aromatic heterocycles. The minimum absolute atomic E-state index is 0.0292. The first-order valence-electron chi connectivity index (χ1n) is 10.5. The second-order valence-electron chi connectivity index (χ2n) is 8.16. The van der Waals surface area contributed by atoms with Gasteiger partial charge in [-0.2, -0.15) is 33.7 Å². The Morgan fingerprint density at radius 2 is 1.81 bits per heavy atom. The number of hydrogen-bond donors (Lipinski definition) is 1. The molecule has 0 aliphatic carbocycles. The third-order valence-corrected chi connectivity index (χ3v) is 5.91. The minimum atomic E-state index is -4.49. The van der Waals surface area contributed by atoms with Gasteiger partial charge in [-0.15, -0.1) is 0 Å². The summed E-state index contributed by atoms with van der Waals surface area (Å²) in [7, 11) is 0. The first-order valence-corrected chi connectivity index (χ1v) is 10.5. The SMILES string of the molecule is Cc1cc2nc(C3CCN(Cc4n[nH]nc4-c4ccccc4)CC3)cc(C(F)(F)F)n2n1. The predicted octanol–water partition coefficient (Wildman–Crippen LogP) is 4.22. The van der Waals surface area contributed by atoms with Crippen LogP contribution in [0.3, 0.4) is 0 Å². The average Bonchev–Trinajstić information content (AvgIpc) is 3.39. The van der Waals surface area contributed by atoms with E-state index in [4.69, 9.17) is 0 Å². The number of nitrogens with zero attached hydrogens (tertiary/aromatic N) is 6. The van der Waals surface area contributed by atoms with Gasteiger partial charge in [0.15, 0.2) is 5.65 Å². The van der Waals surface area contributed by atoms with Crippen LogP contribution in [-0.4, -0.2) is 48.0 Å². The van der Waals surface area contributed by atoms with Gasteiger partial charge in [-0.25, -0.2) is 9.50 Å². The lowest BCUT2D eigenvalue weighted by Crippen LogP contribution is -2.33. The van der Waals surface area contributed by atoms with Gasteiger partial charge in [0.1, 0.15) is 17.1 Å². The van der Waals surface area contributed by atoms with E-state index in [9.17, 15) is 13.2 Å². The predicted molar refractivity (Wildman–Crippen MR) is 112 cm³/mol. The van der Waals surface area contributed by atoms with Crippen molar-refractivity contribution in [1.29, 1.82) is 0 Å². The maximum atomic E-state index is 13.6. The van der Waals surface area contributed by atoms with Crippen LogP contribution in [0.1, 0.15) is 41.5 Å². The molecule has 10 heteroatoms. The number of aromatic amines is 1. The fourth-order valence-electron chi connectivity index (χ4n) is 4.31.